The fraction of sp³-hybridized carbons (Fsp3) is 0.800. The molecule has 0 saturated carbocycles. The van der Waals surface area contributed by atoms with Crippen LogP contribution in [0.15, 0.2) is 9.98 Å². The highest BCUT2D eigenvalue weighted by atomic mass is 16.5. The lowest BCUT2D eigenvalue weighted by Crippen LogP contribution is -2.41. The van der Waals surface area contributed by atoms with Gasteiger partial charge in [-0.05, 0) is 0 Å². The fourth-order valence-electron chi connectivity index (χ4n) is 1.69. The van der Waals surface area contributed by atoms with Crippen LogP contribution >= 0.6 is 0 Å². The van der Waals surface area contributed by atoms with E-state index in [9.17, 15) is 0 Å². The summed E-state index contributed by atoms with van der Waals surface area (Å²) in [7, 11) is 0. The van der Waals surface area contributed by atoms with Crippen LogP contribution in [-0.4, -0.2) is 69.4 Å². The van der Waals surface area contributed by atoms with Crippen LogP contribution in [0.3, 0.4) is 0 Å². The average Bonchev–Trinajstić information content (AvgIpc) is 2.32. The summed E-state index contributed by atoms with van der Waals surface area (Å²) < 4.78 is 5.29. The summed E-state index contributed by atoms with van der Waals surface area (Å²) in [6, 6.07) is 0. The van der Waals surface area contributed by atoms with Gasteiger partial charge in [0.05, 0.1) is 32.5 Å². The van der Waals surface area contributed by atoms with Crippen LogP contribution in [0.2, 0.25) is 0 Å². The van der Waals surface area contributed by atoms with Crippen molar-refractivity contribution in [3.63, 3.8) is 0 Å². The quantitative estimate of drug-likeness (QED) is 0.676. The molecule has 2 aliphatic heterocycles. The van der Waals surface area contributed by atoms with E-state index in [1.165, 1.54) is 0 Å². The third-order valence-corrected chi connectivity index (χ3v) is 2.56. The van der Waals surface area contributed by atoms with Gasteiger partial charge in [-0.3, -0.25) is 14.9 Å². The van der Waals surface area contributed by atoms with Gasteiger partial charge in [0.2, 0.25) is 0 Å². The molecule has 0 aromatic rings. The molecular formula is C10H18N4O. The molecule has 0 radical (unpaired) electrons. The number of nitrogens with one attached hydrogen (secondary N) is 1. The highest BCUT2D eigenvalue weighted by Crippen LogP contribution is 1.94. The Morgan fingerprint density at radius 1 is 1.33 bits per heavy atom. The molecule has 15 heavy (non-hydrogen) atoms. The third kappa shape index (κ3) is 3.60. The van der Waals surface area contributed by atoms with Gasteiger partial charge in [-0.25, -0.2) is 0 Å². The van der Waals surface area contributed by atoms with Crippen molar-refractivity contribution < 1.29 is 4.74 Å². The van der Waals surface area contributed by atoms with E-state index in [2.05, 4.69) is 20.2 Å². The first-order chi connectivity index (χ1) is 7.45. The number of ether oxygens (including phenoxy) is 1. The summed E-state index contributed by atoms with van der Waals surface area (Å²) in [4.78, 5) is 10.9. The molecule has 0 bridgehead atoms. The first-order valence-corrected chi connectivity index (χ1v) is 5.53. The van der Waals surface area contributed by atoms with Crippen LogP contribution in [-0.2, 0) is 4.74 Å². The summed E-state index contributed by atoms with van der Waals surface area (Å²) in [5.41, 5.74) is 0. The lowest BCUT2D eigenvalue weighted by atomic mass is 10.4. The number of amidine groups is 1. The monoisotopic (exact) mass is 210 g/mol. The Kier molecular flexibility index (Phi) is 4.11. The smallest absolute Gasteiger partial charge is 0.139 e. The molecule has 5 heteroatoms. The first-order valence-electron chi connectivity index (χ1n) is 5.53. The Balaban J connectivity index is 1.61. The zero-order valence-corrected chi connectivity index (χ0v) is 8.98. The summed E-state index contributed by atoms with van der Waals surface area (Å²) in [6.07, 6.45) is 1.82. The van der Waals surface area contributed by atoms with Crippen molar-refractivity contribution in [2.24, 2.45) is 9.98 Å². The van der Waals surface area contributed by atoms with Crippen LogP contribution in [0.5, 0.6) is 0 Å². The van der Waals surface area contributed by atoms with E-state index in [0.717, 1.165) is 58.3 Å². The van der Waals surface area contributed by atoms with Crippen molar-refractivity contribution in [3.8, 4) is 0 Å². The number of aliphatic imine (C=N–C) groups is 2. The molecule has 0 aliphatic carbocycles. The summed E-state index contributed by atoms with van der Waals surface area (Å²) in [5, 5.41) is 3.29. The highest BCUT2D eigenvalue weighted by molar-refractivity contribution is 6.29. The van der Waals surface area contributed by atoms with E-state index in [1.54, 1.807) is 0 Å². The van der Waals surface area contributed by atoms with Crippen LogP contribution in [0.1, 0.15) is 0 Å². The second-order valence-electron chi connectivity index (χ2n) is 3.68. The maximum absolute atomic E-state index is 5.29. The molecule has 0 atom stereocenters. The van der Waals surface area contributed by atoms with E-state index in [-0.39, 0.29) is 0 Å². The zero-order valence-electron chi connectivity index (χ0n) is 8.98. The van der Waals surface area contributed by atoms with Gasteiger partial charge in [0.1, 0.15) is 5.84 Å². The molecule has 1 saturated heterocycles. The molecule has 0 unspecified atom stereocenters. The number of morpholine rings is 1. The van der Waals surface area contributed by atoms with Gasteiger partial charge in [-0.2, -0.15) is 0 Å². The number of hydrogen-bond acceptors (Lipinski definition) is 5. The molecule has 0 amide bonds. The van der Waals surface area contributed by atoms with Crippen LogP contribution in [0, 0.1) is 0 Å². The molecule has 1 N–H and O–H groups in total. The van der Waals surface area contributed by atoms with Gasteiger partial charge in [0, 0.05) is 26.2 Å². The van der Waals surface area contributed by atoms with Crippen LogP contribution < -0.4 is 5.32 Å². The van der Waals surface area contributed by atoms with Crippen LogP contribution in [0.4, 0.5) is 0 Å². The molecule has 2 rings (SSSR count). The van der Waals surface area contributed by atoms with E-state index < -0.39 is 0 Å². The minimum Gasteiger partial charge on any atom is -0.379 e. The average molecular weight is 210 g/mol. The van der Waals surface area contributed by atoms with E-state index in [0.29, 0.717) is 0 Å². The van der Waals surface area contributed by atoms with Gasteiger partial charge in [-0.1, -0.05) is 0 Å². The fourth-order valence-corrected chi connectivity index (χ4v) is 1.69. The van der Waals surface area contributed by atoms with Crippen molar-refractivity contribution in [3.05, 3.63) is 0 Å². The summed E-state index contributed by atoms with van der Waals surface area (Å²) in [6.45, 7) is 7.45. The van der Waals surface area contributed by atoms with Gasteiger partial charge in [0.15, 0.2) is 0 Å². The Hall–Kier alpha value is -0.940. The molecule has 84 valence electrons. The molecule has 2 aliphatic rings. The van der Waals surface area contributed by atoms with Crippen molar-refractivity contribution in [1.29, 1.82) is 0 Å². The van der Waals surface area contributed by atoms with Gasteiger partial charge in [0.25, 0.3) is 0 Å². The third-order valence-electron chi connectivity index (χ3n) is 2.56. The maximum Gasteiger partial charge on any atom is 0.139 e. The lowest BCUT2D eigenvalue weighted by molar-refractivity contribution is 0.0389. The molecule has 2 heterocycles. The van der Waals surface area contributed by atoms with E-state index in [4.69, 9.17) is 4.74 Å². The number of nitrogens with zero attached hydrogens (tertiary/aromatic N) is 3. The first kappa shape index (κ1) is 10.6. The minimum absolute atomic E-state index is 0.816. The van der Waals surface area contributed by atoms with Crippen molar-refractivity contribution in [2.45, 2.75) is 0 Å². The van der Waals surface area contributed by atoms with Crippen molar-refractivity contribution >= 4 is 12.1 Å². The van der Waals surface area contributed by atoms with Gasteiger partial charge in [-0.15, -0.1) is 0 Å². The normalized spacial score (nSPS) is 22.5. The van der Waals surface area contributed by atoms with Gasteiger partial charge >= 0.3 is 0 Å². The number of hydrogen-bond donors (Lipinski definition) is 1. The minimum atomic E-state index is 0.816. The number of rotatable bonds is 3. The Labute approximate surface area is 90.2 Å². The SMILES string of the molecule is C1=NCCN=C1NCCN1CCOCC1. The lowest BCUT2D eigenvalue weighted by Gasteiger charge is -2.26. The molecule has 1 fully saturated rings. The second-order valence-corrected chi connectivity index (χ2v) is 3.68. The highest BCUT2D eigenvalue weighted by Gasteiger charge is 2.09. The Bertz CT molecular complexity index is 246. The largest absolute Gasteiger partial charge is 0.379 e. The van der Waals surface area contributed by atoms with Crippen LogP contribution in [0.25, 0.3) is 0 Å². The second kappa shape index (κ2) is 5.82. The maximum atomic E-state index is 5.29. The molecular weight excluding hydrogens is 192 g/mol. The Morgan fingerprint density at radius 3 is 2.93 bits per heavy atom. The predicted molar refractivity (Wildman–Crippen MR) is 60.9 cm³/mol. The van der Waals surface area contributed by atoms with E-state index >= 15 is 0 Å². The van der Waals surface area contributed by atoms with Crippen molar-refractivity contribution in [1.82, 2.24) is 10.2 Å². The zero-order chi connectivity index (χ0) is 10.3. The van der Waals surface area contributed by atoms with Gasteiger partial charge < -0.3 is 10.1 Å². The molecule has 0 aromatic heterocycles. The summed E-state index contributed by atoms with van der Waals surface area (Å²) >= 11 is 0. The molecule has 0 aromatic carbocycles. The molecule has 5 nitrogen and oxygen atoms in total. The van der Waals surface area contributed by atoms with E-state index in [1.807, 2.05) is 6.21 Å². The Morgan fingerprint density at radius 2 is 2.20 bits per heavy atom. The standard InChI is InChI=1S/C10H18N4O/c1-2-12-10(9-11-1)13-3-4-14-5-7-15-8-6-14/h9H,1-8H2,(H,12,13). The predicted octanol–water partition coefficient (Wildman–Crippen LogP) is -0.609. The summed E-state index contributed by atoms with van der Waals surface area (Å²) in [5.74, 6) is 0.925. The molecule has 0 spiro atoms. The van der Waals surface area contributed by atoms with Crippen molar-refractivity contribution in [2.75, 3.05) is 52.5 Å². The topological polar surface area (TPSA) is 49.2 Å².